The molecular formula is C15H17NO. The van der Waals surface area contributed by atoms with Crippen LogP contribution in [0.5, 0.6) is 0 Å². The molecule has 1 aromatic carbocycles. The molecule has 17 heavy (non-hydrogen) atoms. The van der Waals surface area contributed by atoms with E-state index in [1.807, 2.05) is 12.1 Å². The van der Waals surface area contributed by atoms with Crippen LogP contribution in [-0.2, 0) is 6.54 Å². The van der Waals surface area contributed by atoms with E-state index in [1.54, 1.807) is 6.26 Å². The monoisotopic (exact) mass is 227 g/mol. The maximum absolute atomic E-state index is 5.43. The molecule has 0 saturated carbocycles. The minimum absolute atomic E-state index is 0.952. The fourth-order valence-corrected chi connectivity index (χ4v) is 2.46. The highest BCUT2D eigenvalue weighted by molar-refractivity contribution is 5.58. The average Bonchev–Trinajstić information content (AvgIpc) is 3.01. The third-order valence-corrected chi connectivity index (χ3v) is 3.34. The van der Waals surface area contributed by atoms with E-state index < -0.39 is 0 Å². The first kappa shape index (κ1) is 10.6. The molecule has 0 atom stereocenters. The largest absolute Gasteiger partial charge is 0.464 e. The maximum atomic E-state index is 5.43. The summed E-state index contributed by atoms with van der Waals surface area (Å²) in [6, 6.07) is 12.6. The Morgan fingerprint density at radius 3 is 2.71 bits per heavy atom. The fraction of sp³-hybridized carbons (Fsp3) is 0.333. The molecule has 1 fully saturated rings. The lowest BCUT2D eigenvalue weighted by Gasteiger charge is -2.14. The molecule has 0 bridgehead atoms. The van der Waals surface area contributed by atoms with Crippen LogP contribution >= 0.6 is 0 Å². The molecule has 2 nitrogen and oxygen atoms in total. The Labute approximate surface area is 102 Å². The van der Waals surface area contributed by atoms with Gasteiger partial charge in [0.25, 0.3) is 0 Å². The van der Waals surface area contributed by atoms with Crippen LogP contribution in [0.1, 0.15) is 18.4 Å². The smallest absolute Gasteiger partial charge is 0.133 e. The zero-order valence-electron chi connectivity index (χ0n) is 9.93. The van der Waals surface area contributed by atoms with E-state index >= 15 is 0 Å². The van der Waals surface area contributed by atoms with Crippen molar-refractivity contribution in [1.82, 2.24) is 4.90 Å². The molecule has 1 aromatic heterocycles. The minimum Gasteiger partial charge on any atom is -0.464 e. The van der Waals surface area contributed by atoms with Gasteiger partial charge in [0, 0.05) is 12.1 Å². The summed E-state index contributed by atoms with van der Waals surface area (Å²) in [4.78, 5) is 2.52. The molecule has 2 aromatic rings. The van der Waals surface area contributed by atoms with Gasteiger partial charge in [-0.2, -0.15) is 0 Å². The molecule has 0 amide bonds. The molecule has 0 spiro atoms. The summed E-state index contributed by atoms with van der Waals surface area (Å²) in [7, 11) is 0. The van der Waals surface area contributed by atoms with Crippen molar-refractivity contribution in [2.45, 2.75) is 19.4 Å². The van der Waals surface area contributed by atoms with Crippen molar-refractivity contribution >= 4 is 0 Å². The standard InChI is InChI=1S/C15H17NO/c1-2-9-16(8-1)12-13-5-3-6-14(11-13)15-7-4-10-17-15/h3-7,10-11H,1-2,8-9,12H2. The van der Waals surface area contributed by atoms with Crippen molar-refractivity contribution in [3.63, 3.8) is 0 Å². The van der Waals surface area contributed by atoms with Crippen LogP contribution < -0.4 is 0 Å². The van der Waals surface area contributed by atoms with Gasteiger partial charge in [0.1, 0.15) is 5.76 Å². The van der Waals surface area contributed by atoms with Crippen LogP contribution in [-0.4, -0.2) is 18.0 Å². The average molecular weight is 227 g/mol. The Kier molecular flexibility index (Phi) is 2.97. The lowest BCUT2D eigenvalue weighted by atomic mass is 10.1. The highest BCUT2D eigenvalue weighted by atomic mass is 16.3. The molecule has 2 heterocycles. The molecule has 1 aliphatic rings. The Morgan fingerprint density at radius 1 is 1.06 bits per heavy atom. The number of furan rings is 1. The van der Waals surface area contributed by atoms with Gasteiger partial charge in [0.15, 0.2) is 0 Å². The Morgan fingerprint density at radius 2 is 1.94 bits per heavy atom. The Hall–Kier alpha value is -1.54. The SMILES string of the molecule is c1cc(CN2CCCC2)cc(-c2ccco2)c1. The predicted octanol–water partition coefficient (Wildman–Crippen LogP) is 3.54. The third kappa shape index (κ3) is 2.42. The molecule has 0 N–H and O–H groups in total. The highest BCUT2D eigenvalue weighted by Crippen LogP contribution is 2.22. The van der Waals surface area contributed by atoms with Crippen molar-refractivity contribution in [3.05, 3.63) is 48.2 Å². The summed E-state index contributed by atoms with van der Waals surface area (Å²) >= 11 is 0. The highest BCUT2D eigenvalue weighted by Gasteiger charge is 2.12. The first-order chi connectivity index (χ1) is 8.42. The van der Waals surface area contributed by atoms with Crippen molar-refractivity contribution < 1.29 is 4.42 Å². The first-order valence-corrected chi connectivity index (χ1v) is 6.27. The van der Waals surface area contributed by atoms with Crippen molar-refractivity contribution in [2.24, 2.45) is 0 Å². The molecule has 1 aliphatic heterocycles. The normalized spacial score (nSPS) is 16.5. The Balaban J connectivity index is 1.79. The van der Waals surface area contributed by atoms with E-state index in [0.29, 0.717) is 0 Å². The maximum Gasteiger partial charge on any atom is 0.133 e. The minimum atomic E-state index is 0.952. The summed E-state index contributed by atoms with van der Waals surface area (Å²) < 4.78 is 5.43. The van der Waals surface area contributed by atoms with E-state index in [9.17, 15) is 0 Å². The van der Waals surface area contributed by atoms with Gasteiger partial charge in [-0.3, -0.25) is 4.90 Å². The van der Waals surface area contributed by atoms with E-state index in [0.717, 1.165) is 12.3 Å². The first-order valence-electron chi connectivity index (χ1n) is 6.27. The number of benzene rings is 1. The molecule has 0 aliphatic carbocycles. The topological polar surface area (TPSA) is 16.4 Å². The summed E-state index contributed by atoms with van der Waals surface area (Å²) in [6.07, 6.45) is 4.41. The van der Waals surface area contributed by atoms with Crippen molar-refractivity contribution in [3.8, 4) is 11.3 Å². The van der Waals surface area contributed by atoms with Crippen LogP contribution in [0.25, 0.3) is 11.3 Å². The molecule has 2 heteroatoms. The summed E-state index contributed by atoms with van der Waals surface area (Å²) in [5.41, 5.74) is 2.55. The second-order valence-corrected chi connectivity index (χ2v) is 4.66. The van der Waals surface area contributed by atoms with Gasteiger partial charge in [-0.25, -0.2) is 0 Å². The Bertz CT molecular complexity index is 469. The summed E-state index contributed by atoms with van der Waals surface area (Å²) in [5.74, 6) is 0.952. The van der Waals surface area contributed by atoms with Crippen LogP contribution in [0.2, 0.25) is 0 Å². The zero-order chi connectivity index (χ0) is 11.5. The fourth-order valence-electron chi connectivity index (χ4n) is 2.46. The lowest BCUT2D eigenvalue weighted by molar-refractivity contribution is 0.331. The quantitative estimate of drug-likeness (QED) is 0.797. The van der Waals surface area contributed by atoms with E-state index in [1.165, 1.54) is 37.1 Å². The number of hydrogen-bond acceptors (Lipinski definition) is 2. The van der Waals surface area contributed by atoms with Gasteiger partial charge < -0.3 is 4.42 Å². The van der Waals surface area contributed by atoms with Gasteiger partial charge in [0.05, 0.1) is 6.26 Å². The second kappa shape index (κ2) is 4.76. The zero-order valence-corrected chi connectivity index (χ0v) is 9.93. The second-order valence-electron chi connectivity index (χ2n) is 4.66. The van der Waals surface area contributed by atoms with Gasteiger partial charge in [-0.05, 0) is 49.7 Å². The van der Waals surface area contributed by atoms with Gasteiger partial charge in [-0.15, -0.1) is 0 Å². The van der Waals surface area contributed by atoms with Crippen molar-refractivity contribution in [1.29, 1.82) is 0 Å². The summed E-state index contributed by atoms with van der Waals surface area (Å²) in [6.45, 7) is 3.55. The molecular weight excluding hydrogens is 210 g/mol. The number of nitrogens with zero attached hydrogens (tertiary/aromatic N) is 1. The number of rotatable bonds is 3. The van der Waals surface area contributed by atoms with E-state index in [2.05, 4.69) is 29.2 Å². The molecule has 1 saturated heterocycles. The van der Waals surface area contributed by atoms with Crippen LogP contribution in [0.15, 0.2) is 47.1 Å². The van der Waals surface area contributed by atoms with Crippen molar-refractivity contribution in [2.75, 3.05) is 13.1 Å². The third-order valence-electron chi connectivity index (χ3n) is 3.34. The summed E-state index contributed by atoms with van der Waals surface area (Å²) in [5, 5.41) is 0. The lowest BCUT2D eigenvalue weighted by Crippen LogP contribution is -2.18. The molecule has 3 rings (SSSR count). The van der Waals surface area contributed by atoms with Gasteiger partial charge in [-0.1, -0.05) is 18.2 Å². The number of hydrogen-bond donors (Lipinski definition) is 0. The van der Waals surface area contributed by atoms with Crippen LogP contribution in [0.3, 0.4) is 0 Å². The molecule has 0 unspecified atom stereocenters. The van der Waals surface area contributed by atoms with Gasteiger partial charge >= 0.3 is 0 Å². The van der Waals surface area contributed by atoms with E-state index in [4.69, 9.17) is 4.42 Å². The predicted molar refractivity (Wildman–Crippen MR) is 68.7 cm³/mol. The van der Waals surface area contributed by atoms with Gasteiger partial charge in [0.2, 0.25) is 0 Å². The molecule has 0 radical (unpaired) electrons. The van der Waals surface area contributed by atoms with Crippen LogP contribution in [0, 0.1) is 0 Å². The number of likely N-dealkylation sites (tertiary alicyclic amines) is 1. The molecule has 88 valence electrons. The van der Waals surface area contributed by atoms with E-state index in [-0.39, 0.29) is 0 Å². The van der Waals surface area contributed by atoms with Crippen LogP contribution in [0.4, 0.5) is 0 Å².